The van der Waals surface area contributed by atoms with Gasteiger partial charge in [0.15, 0.2) is 0 Å². The Kier molecular flexibility index (Phi) is 8.31. The molecule has 2 aliphatic heterocycles. The molecule has 2 aromatic rings. The number of methoxy groups -OCH3 is 1. The highest BCUT2D eigenvalue weighted by molar-refractivity contribution is 5.73. The van der Waals surface area contributed by atoms with E-state index in [9.17, 15) is 31.1 Å². The fourth-order valence-corrected chi connectivity index (χ4v) is 8.42. The molecule has 0 radical (unpaired) electrons. The standard InChI is InChI=1S/C34H39F6NO3/c1-18(32(42)43-3)30(20-4-5-20)21-6-9-24-17-44-29(13-25(24)12-21)31-22-7-8-23(31)16-41(15-22)19(2)27-14-26(33(35,36)37)10-11-28(27)34(38,39)40/h6,9-12,14,18-20,22-23,29-31H,4-5,7-8,13,15-17H2,1-3H3/t18?,19-,22-,23+,29?,30?,31?/m1/s1. The maximum atomic E-state index is 13.9. The lowest BCUT2D eigenvalue weighted by atomic mass is 9.76. The molecular weight excluding hydrogens is 584 g/mol. The van der Waals surface area contributed by atoms with E-state index in [1.54, 1.807) is 6.92 Å². The van der Waals surface area contributed by atoms with Gasteiger partial charge in [0.2, 0.25) is 0 Å². The molecule has 4 nitrogen and oxygen atoms in total. The molecule has 4 aliphatic rings. The number of nitrogens with zero attached hydrogens (tertiary/aromatic N) is 1. The van der Waals surface area contributed by atoms with Gasteiger partial charge >= 0.3 is 18.3 Å². The molecule has 0 aromatic heterocycles. The molecule has 0 amide bonds. The number of carbonyl (C=O) groups is 1. The molecule has 10 heteroatoms. The van der Waals surface area contributed by atoms with E-state index in [4.69, 9.17) is 9.47 Å². The summed E-state index contributed by atoms with van der Waals surface area (Å²) < 4.78 is 93.5. The molecule has 6 rings (SSSR count). The number of hydrogen-bond acceptors (Lipinski definition) is 4. The minimum absolute atomic E-state index is 0.0376. The third-order valence-corrected chi connectivity index (χ3v) is 10.8. The Labute approximate surface area is 254 Å². The molecule has 7 atom stereocenters. The van der Waals surface area contributed by atoms with Crippen LogP contribution in [0, 0.1) is 29.6 Å². The molecule has 4 unspecified atom stereocenters. The second-order valence-electron chi connectivity index (χ2n) is 13.4. The van der Waals surface area contributed by atoms with Crippen molar-refractivity contribution < 1.29 is 40.6 Å². The van der Waals surface area contributed by atoms with Crippen molar-refractivity contribution in [1.82, 2.24) is 4.90 Å². The summed E-state index contributed by atoms with van der Waals surface area (Å²) in [5.74, 6) is 0.729. The van der Waals surface area contributed by atoms with Crippen LogP contribution in [0.15, 0.2) is 36.4 Å². The lowest BCUT2D eigenvalue weighted by Crippen LogP contribution is -2.48. The Bertz CT molecular complexity index is 1370. The van der Waals surface area contributed by atoms with Crippen LogP contribution in [-0.4, -0.2) is 37.2 Å². The summed E-state index contributed by atoms with van der Waals surface area (Å²) in [6.07, 6.45) is -4.76. The second-order valence-corrected chi connectivity index (χ2v) is 13.4. The third kappa shape index (κ3) is 6.00. The zero-order valence-corrected chi connectivity index (χ0v) is 25.2. The molecule has 0 N–H and O–H groups in total. The number of piperidine rings is 1. The maximum Gasteiger partial charge on any atom is 0.416 e. The van der Waals surface area contributed by atoms with Gasteiger partial charge in [-0.3, -0.25) is 9.69 Å². The minimum Gasteiger partial charge on any atom is -0.469 e. The van der Waals surface area contributed by atoms with E-state index >= 15 is 0 Å². The second kappa shape index (κ2) is 11.6. The zero-order chi connectivity index (χ0) is 31.6. The summed E-state index contributed by atoms with van der Waals surface area (Å²) in [5, 5.41) is 0. The largest absolute Gasteiger partial charge is 0.469 e. The van der Waals surface area contributed by atoms with Gasteiger partial charge in [-0.05, 0) is 109 Å². The lowest BCUT2D eigenvalue weighted by molar-refractivity contribution is -0.146. The number of benzene rings is 2. The van der Waals surface area contributed by atoms with E-state index in [-0.39, 0.29) is 47.2 Å². The van der Waals surface area contributed by atoms with E-state index in [1.807, 2.05) is 11.8 Å². The number of esters is 1. The highest BCUT2D eigenvalue weighted by Crippen LogP contribution is 2.50. The molecule has 2 heterocycles. The predicted molar refractivity (Wildman–Crippen MR) is 152 cm³/mol. The van der Waals surface area contributed by atoms with Crippen LogP contribution in [0.1, 0.15) is 84.9 Å². The number of halogens is 6. The van der Waals surface area contributed by atoms with Gasteiger partial charge in [0, 0.05) is 19.1 Å². The van der Waals surface area contributed by atoms with Gasteiger partial charge in [0.1, 0.15) is 0 Å². The van der Waals surface area contributed by atoms with Gasteiger partial charge in [-0.1, -0.05) is 25.1 Å². The number of carbonyl (C=O) groups excluding carboxylic acids is 1. The van der Waals surface area contributed by atoms with Crippen molar-refractivity contribution in [2.75, 3.05) is 20.2 Å². The van der Waals surface area contributed by atoms with E-state index in [0.717, 1.165) is 43.2 Å². The molecule has 2 aliphatic carbocycles. The number of ether oxygens (including phenoxy) is 2. The first-order valence-corrected chi connectivity index (χ1v) is 15.6. The van der Waals surface area contributed by atoms with Crippen molar-refractivity contribution in [1.29, 1.82) is 0 Å². The van der Waals surface area contributed by atoms with E-state index < -0.39 is 29.5 Å². The molecule has 44 heavy (non-hydrogen) atoms. The summed E-state index contributed by atoms with van der Waals surface area (Å²) in [6.45, 7) is 5.04. The van der Waals surface area contributed by atoms with Crippen LogP contribution in [0.4, 0.5) is 26.3 Å². The SMILES string of the molecule is COC(=O)C(C)C(c1ccc2c(c1)CC(C1[C@@H]3CC[C@H]1CN([C@H](C)c1cc(C(F)(F)F)ccc1C(F)(F)F)C3)OC2)C1CC1. The molecule has 240 valence electrons. The predicted octanol–water partition coefficient (Wildman–Crippen LogP) is 8.19. The van der Waals surface area contributed by atoms with Crippen LogP contribution in [0.2, 0.25) is 0 Å². The molecule has 3 fully saturated rings. The van der Waals surface area contributed by atoms with Gasteiger partial charge in [-0.2, -0.15) is 26.3 Å². The zero-order valence-electron chi connectivity index (χ0n) is 25.2. The Morgan fingerprint density at radius 1 is 0.909 bits per heavy atom. The summed E-state index contributed by atoms with van der Waals surface area (Å²) in [6, 6.07) is 7.39. The van der Waals surface area contributed by atoms with E-state index in [1.165, 1.54) is 12.7 Å². The first kappa shape index (κ1) is 31.4. The van der Waals surface area contributed by atoms with Crippen LogP contribution < -0.4 is 0 Å². The fourth-order valence-electron chi connectivity index (χ4n) is 8.42. The van der Waals surface area contributed by atoms with Gasteiger partial charge in [-0.15, -0.1) is 0 Å². The molecular formula is C34H39F6NO3. The van der Waals surface area contributed by atoms with Gasteiger partial charge in [-0.25, -0.2) is 0 Å². The smallest absolute Gasteiger partial charge is 0.416 e. The molecule has 2 saturated carbocycles. The lowest BCUT2D eigenvalue weighted by Gasteiger charge is -2.45. The normalized spacial score (nSPS) is 27.8. The summed E-state index contributed by atoms with van der Waals surface area (Å²) >= 11 is 0. The average Bonchev–Trinajstić information content (AvgIpc) is 3.78. The summed E-state index contributed by atoms with van der Waals surface area (Å²) in [4.78, 5) is 14.4. The minimum atomic E-state index is -4.75. The first-order valence-electron chi connectivity index (χ1n) is 15.6. The number of alkyl halides is 6. The Morgan fingerprint density at radius 2 is 1.59 bits per heavy atom. The van der Waals surface area contributed by atoms with E-state index in [2.05, 4.69) is 18.2 Å². The molecule has 2 bridgehead atoms. The average molecular weight is 624 g/mol. The highest BCUT2D eigenvalue weighted by atomic mass is 19.4. The Morgan fingerprint density at radius 3 is 2.18 bits per heavy atom. The fraction of sp³-hybridized carbons (Fsp3) is 0.618. The monoisotopic (exact) mass is 623 g/mol. The van der Waals surface area contributed by atoms with Gasteiger partial charge < -0.3 is 9.47 Å². The van der Waals surface area contributed by atoms with Gasteiger partial charge in [0.25, 0.3) is 0 Å². The number of fused-ring (bicyclic) bond motifs is 3. The quantitative estimate of drug-likeness (QED) is 0.230. The van der Waals surface area contributed by atoms with Crippen LogP contribution in [0.5, 0.6) is 0 Å². The number of likely N-dealkylation sites (tertiary alicyclic amines) is 1. The Hall–Kier alpha value is -2.59. The molecule has 1 saturated heterocycles. The van der Waals surface area contributed by atoms with Crippen LogP contribution in [0.3, 0.4) is 0 Å². The topological polar surface area (TPSA) is 38.8 Å². The van der Waals surface area contributed by atoms with Crippen LogP contribution >= 0.6 is 0 Å². The van der Waals surface area contributed by atoms with Crippen molar-refractivity contribution in [3.05, 3.63) is 69.8 Å². The van der Waals surface area contributed by atoms with Crippen molar-refractivity contribution in [2.45, 2.75) is 83.0 Å². The third-order valence-electron chi connectivity index (χ3n) is 10.8. The number of hydrogen-bond donors (Lipinski definition) is 0. The highest BCUT2D eigenvalue weighted by Gasteiger charge is 2.49. The first-order chi connectivity index (χ1) is 20.8. The summed E-state index contributed by atoms with van der Waals surface area (Å²) in [5.41, 5.74) is 1.10. The van der Waals surface area contributed by atoms with Crippen LogP contribution in [0.25, 0.3) is 0 Å². The van der Waals surface area contributed by atoms with Gasteiger partial charge in [0.05, 0.1) is 36.9 Å². The van der Waals surface area contributed by atoms with Crippen molar-refractivity contribution >= 4 is 5.97 Å². The van der Waals surface area contributed by atoms with E-state index in [0.29, 0.717) is 43.8 Å². The molecule has 2 aromatic carbocycles. The van der Waals surface area contributed by atoms with Crippen molar-refractivity contribution in [2.24, 2.45) is 29.6 Å². The van der Waals surface area contributed by atoms with Crippen molar-refractivity contribution in [3.8, 4) is 0 Å². The number of rotatable bonds is 7. The molecule has 0 spiro atoms. The maximum absolute atomic E-state index is 13.9. The summed E-state index contributed by atoms with van der Waals surface area (Å²) in [7, 11) is 1.42. The van der Waals surface area contributed by atoms with Crippen LogP contribution in [-0.2, 0) is 39.6 Å². The van der Waals surface area contributed by atoms with Crippen molar-refractivity contribution in [3.63, 3.8) is 0 Å². The Balaban J connectivity index is 1.20.